The molecule has 1 amide bonds. The minimum Gasteiger partial charge on any atom is -0.482 e. The molecular weight excluding hydrogens is 435 g/mol. The Kier molecular flexibility index (Phi) is 6.54. The quantitative estimate of drug-likeness (QED) is 0.402. The van der Waals surface area contributed by atoms with Gasteiger partial charge in [-0.25, -0.2) is 4.79 Å². The van der Waals surface area contributed by atoms with E-state index in [1.165, 1.54) is 6.08 Å². The van der Waals surface area contributed by atoms with Gasteiger partial charge in [-0.05, 0) is 70.6 Å². The number of benzene rings is 2. The number of aliphatic carboxylic acids is 1. The number of anilines is 1. The second-order valence-electron chi connectivity index (χ2n) is 4.89. The van der Waals surface area contributed by atoms with Crippen LogP contribution in [0.1, 0.15) is 5.56 Å². The number of carboxylic acid groups (broad SMARTS) is 1. The van der Waals surface area contributed by atoms with Crippen molar-refractivity contribution in [1.82, 2.24) is 0 Å². The fourth-order valence-corrected chi connectivity index (χ4v) is 2.25. The second-order valence-corrected chi connectivity index (χ2v) is 6.13. The van der Waals surface area contributed by atoms with Gasteiger partial charge in [0.15, 0.2) is 6.61 Å². The Balaban J connectivity index is 2.14. The third-order valence-corrected chi connectivity index (χ3v) is 3.72. The standard InChI is InChI=1S/C18H13IN2O4/c19-14-4-6-15(7-5-14)21-18(24)13(10-20)8-12-2-1-3-16(9-12)25-11-17(22)23/h1-9H,11H2,(H,21,24)(H,22,23)/b13-8+. The lowest BCUT2D eigenvalue weighted by molar-refractivity contribution is -0.139. The molecule has 25 heavy (non-hydrogen) atoms. The van der Waals surface area contributed by atoms with Crippen LogP contribution in [0.4, 0.5) is 5.69 Å². The summed E-state index contributed by atoms with van der Waals surface area (Å²) in [4.78, 5) is 22.8. The maximum absolute atomic E-state index is 12.2. The van der Waals surface area contributed by atoms with Gasteiger partial charge in [0.2, 0.25) is 0 Å². The minimum atomic E-state index is -1.09. The van der Waals surface area contributed by atoms with E-state index in [1.54, 1.807) is 36.4 Å². The highest BCUT2D eigenvalue weighted by molar-refractivity contribution is 14.1. The first-order valence-corrected chi connectivity index (χ1v) is 8.19. The second kappa shape index (κ2) is 8.84. The number of carbonyl (C=O) groups excluding carboxylic acids is 1. The number of nitrogens with one attached hydrogen (secondary N) is 1. The van der Waals surface area contributed by atoms with Crippen molar-refractivity contribution in [3.8, 4) is 11.8 Å². The topological polar surface area (TPSA) is 99.4 Å². The van der Waals surface area contributed by atoms with E-state index in [4.69, 9.17) is 9.84 Å². The molecule has 2 aromatic carbocycles. The van der Waals surface area contributed by atoms with Gasteiger partial charge in [-0.1, -0.05) is 12.1 Å². The molecule has 0 fully saturated rings. The summed E-state index contributed by atoms with van der Waals surface area (Å²) in [5.41, 5.74) is 1.07. The molecule has 0 aromatic heterocycles. The SMILES string of the molecule is N#C/C(=C\c1cccc(OCC(=O)O)c1)C(=O)Nc1ccc(I)cc1. The molecule has 0 saturated heterocycles. The van der Waals surface area contributed by atoms with Crippen molar-refractivity contribution in [2.24, 2.45) is 0 Å². The Hall–Kier alpha value is -2.86. The highest BCUT2D eigenvalue weighted by atomic mass is 127. The molecule has 0 bridgehead atoms. The Morgan fingerprint density at radius 1 is 1.24 bits per heavy atom. The maximum atomic E-state index is 12.2. The van der Waals surface area contributed by atoms with Gasteiger partial charge < -0.3 is 15.2 Å². The van der Waals surface area contributed by atoms with E-state index < -0.39 is 18.5 Å². The van der Waals surface area contributed by atoms with Crippen LogP contribution in [0.25, 0.3) is 6.08 Å². The fraction of sp³-hybridized carbons (Fsp3) is 0.0556. The van der Waals surface area contributed by atoms with Crippen molar-refractivity contribution < 1.29 is 19.4 Å². The third-order valence-electron chi connectivity index (χ3n) is 3.00. The summed E-state index contributed by atoms with van der Waals surface area (Å²) in [6.45, 7) is -0.467. The monoisotopic (exact) mass is 448 g/mol. The van der Waals surface area contributed by atoms with Crippen LogP contribution in [0.15, 0.2) is 54.1 Å². The molecule has 0 radical (unpaired) electrons. The molecule has 0 spiro atoms. The molecule has 0 saturated carbocycles. The highest BCUT2D eigenvalue weighted by Gasteiger charge is 2.10. The first-order valence-electron chi connectivity index (χ1n) is 7.11. The van der Waals surface area contributed by atoms with Crippen LogP contribution >= 0.6 is 22.6 Å². The molecule has 0 aliphatic carbocycles. The van der Waals surface area contributed by atoms with Crippen LogP contribution in [-0.2, 0) is 9.59 Å². The molecule has 2 rings (SSSR count). The van der Waals surface area contributed by atoms with Gasteiger partial charge in [0.1, 0.15) is 17.4 Å². The molecule has 0 heterocycles. The van der Waals surface area contributed by atoms with E-state index in [-0.39, 0.29) is 5.57 Å². The fourth-order valence-electron chi connectivity index (χ4n) is 1.89. The van der Waals surface area contributed by atoms with Gasteiger partial charge in [0.05, 0.1) is 0 Å². The van der Waals surface area contributed by atoms with Crippen LogP contribution in [0, 0.1) is 14.9 Å². The van der Waals surface area contributed by atoms with E-state index in [0.29, 0.717) is 17.0 Å². The molecule has 126 valence electrons. The zero-order valence-corrected chi connectivity index (χ0v) is 15.1. The van der Waals surface area contributed by atoms with Gasteiger partial charge >= 0.3 is 5.97 Å². The molecule has 7 heteroatoms. The molecule has 0 aliphatic rings. The van der Waals surface area contributed by atoms with E-state index in [1.807, 2.05) is 18.2 Å². The zero-order valence-electron chi connectivity index (χ0n) is 12.9. The Morgan fingerprint density at radius 3 is 2.60 bits per heavy atom. The molecule has 0 atom stereocenters. The number of hydrogen-bond acceptors (Lipinski definition) is 4. The molecular formula is C18H13IN2O4. The van der Waals surface area contributed by atoms with Gasteiger partial charge in [-0.15, -0.1) is 0 Å². The summed E-state index contributed by atoms with van der Waals surface area (Å²) in [6.07, 6.45) is 1.41. The number of carboxylic acids is 1. The average Bonchev–Trinajstić information content (AvgIpc) is 2.60. The number of rotatable bonds is 6. The number of halogens is 1. The van der Waals surface area contributed by atoms with Crippen LogP contribution in [-0.4, -0.2) is 23.6 Å². The largest absolute Gasteiger partial charge is 0.482 e. The van der Waals surface area contributed by atoms with Gasteiger partial charge in [0.25, 0.3) is 5.91 Å². The van der Waals surface area contributed by atoms with E-state index >= 15 is 0 Å². The van der Waals surface area contributed by atoms with Gasteiger partial charge in [-0.2, -0.15) is 5.26 Å². The normalized spacial score (nSPS) is 10.6. The lowest BCUT2D eigenvalue weighted by Crippen LogP contribution is -2.13. The number of hydrogen-bond donors (Lipinski definition) is 2. The zero-order chi connectivity index (χ0) is 18.2. The summed E-state index contributed by atoms with van der Waals surface area (Å²) in [6, 6.07) is 15.5. The van der Waals surface area contributed by atoms with Crippen molar-refractivity contribution >= 4 is 46.2 Å². The van der Waals surface area contributed by atoms with Gasteiger partial charge in [-0.3, -0.25) is 4.79 Å². The summed E-state index contributed by atoms with van der Waals surface area (Å²) in [5, 5.41) is 20.5. The van der Waals surface area contributed by atoms with E-state index in [9.17, 15) is 14.9 Å². The summed E-state index contributed by atoms with van der Waals surface area (Å²) in [5.74, 6) is -1.28. The smallest absolute Gasteiger partial charge is 0.341 e. The third kappa shape index (κ3) is 5.93. The Bertz CT molecular complexity index is 854. The number of carbonyl (C=O) groups is 2. The lowest BCUT2D eigenvalue weighted by atomic mass is 10.1. The summed E-state index contributed by atoms with van der Waals surface area (Å²) >= 11 is 2.15. The molecule has 6 nitrogen and oxygen atoms in total. The van der Waals surface area contributed by atoms with Crippen molar-refractivity contribution in [3.05, 3.63) is 63.2 Å². The summed E-state index contributed by atoms with van der Waals surface area (Å²) < 4.78 is 6.11. The van der Waals surface area contributed by atoms with Crippen LogP contribution in [0.3, 0.4) is 0 Å². The predicted octanol–water partition coefficient (Wildman–Crippen LogP) is 3.30. The molecule has 2 N–H and O–H groups in total. The summed E-state index contributed by atoms with van der Waals surface area (Å²) in [7, 11) is 0. The first-order chi connectivity index (χ1) is 12.0. The van der Waals surface area contributed by atoms with Crippen molar-refractivity contribution in [1.29, 1.82) is 5.26 Å². The Labute approximate surface area is 157 Å². The first kappa shape index (κ1) is 18.5. The molecule has 0 unspecified atom stereocenters. The molecule has 0 aliphatic heterocycles. The van der Waals surface area contributed by atoms with E-state index in [0.717, 1.165) is 3.57 Å². The molecule has 2 aromatic rings. The maximum Gasteiger partial charge on any atom is 0.341 e. The number of nitriles is 1. The van der Waals surface area contributed by atoms with Crippen LogP contribution in [0.5, 0.6) is 5.75 Å². The lowest BCUT2D eigenvalue weighted by Gasteiger charge is -2.06. The highest BCUT2D eigenvalue weighted by Crippen LogP contribution is 2.17. The number of amides is 1. The van der Waals surface area contributed by atoms with Gasteiger partial charge in [0, 0.05) is 9.26 Å². The Morgan fingerprint density at radius 2 is 1.96 bits per heavy atom. The van der Waals surface area contributed by atoms with Crippen molar-refractivity contribution in [2.75, 3.05) is 11.9 Å². The minimum absolute atomic E-state index is 0.0751. The average molecular weight is 448 g/mol. The number of nitrogens with zero attached hydrogens (tertiary/aromatic N) is 1. The van der Waals surface area contributed by atoms with E-state index in [2.05, 4.69) is 27.9 Å². The van der Waals surface area contributed by atoms with Crippen molar-refractivity contribution in [3.63, 3.8) is 0 Å². The van der Waals surface area contributed by atoms with Crippen LogP contribution in [0.2, 0.25) is 0 Å². The predicted molar refractivity (Wildman–Crippen MR) is 101 cm³/mol. The number of ether oxygens (including phenoxy) is 1. The van der Waals surface area contributed by atoms with Crippen LogP contribution < -0.4 is 10.1 Å². The van der Waals surface area contributed by atoms with Crippen molar-refractivity contribution in [2.45, 2.75) is 0 Å².